The second-order valence-corrected chi connectivity index (χ2v) is 6.66. The molecule has 2 heterocycles. The normalized spacial score (nSPS) is 10.7. The van der Waals surface area contributed by atoms with Crippen LogP contribution in [-0.4, -0.2) is 31.8 Å². The summed E-state index contributed by atoms with van der Waals surface area (Å²) in [4.78, 5) is 14.3. The van der Waals surface area contributed by atoms with Crippen molar-refractivity contribution in [2.45, 2.75) is 9.37 Å². The zero-order valence-corrected chi connectivity index (χ0v) is 13.8. The zero-order valence-electron chi connectivity index (χ0n) is 12.2. The standard InChI is InChI=1S/C13H11N5O3S2/c1-17-7-14-10(18(19)20)12(17)23-13-16-15-11(22-13)8-3-5-9(21-2)6-4-8/h3-7H,1-2H3. The number of nitrogens with zero attached hydrogens (tertiary/aromatic N) is 5. The zero-order chi connectivity index (χ0) is 16.4. The van der Waals surface area contributed by atoms with Crippen molar-refractivity contribution >= 4 is 28.9 Å². The van der Waals surface area contributed by atoms with Crippen molar-refractivity contribution in [1.29, 1.82) is 0 Å². The molecule has 0 spiro atoms. The molecule has 10 heteroatoms. The first-order chi connectivity index (χ1) is 11.1. The summed E-state index contributed by atoms with van der Waals surface area (Å²) in [5, 5.41) is 20.4. The predicted octanol–water partition coefficient (Wildman–Crippen LogP) is 3.01. The number of rotatable bonds is 5. The van der Waals surface area contributed by atoms with Crippen molar-refractivity contribution in [2.24, 2.45) is 7.05 Å². The van der Waals surface area contributed by atoms with E-state index in [0.29, 0.717) is 9.37 Å². The minimum absolute atomic E-state index is 0.182. The lowest BCUT2D eigenvalue weighted by molar-refractivity contribution is -0.392. The van der Waals surface area contributed by atoms with E-state index in [4.69, 9.17) is 4.74 Å². The first-order valence-corrected chi connectivity index (χ1v) is 8.03. The molecule has 1 aromatic carbocycles. The van der Waals surface area contributed by atoms with Gasteiger partial charge in [0.1, 0.15) is 10.8 Å². The molecule has 0 N–H and O–H groups in total. The van der Waals surface area contributed by atoms with Crippen LogP contribution < -0.4 is 4.74 Å². The van der Waals surface area contributed by atoms with Gasteiger partial charge in [0, 0.05) is 12.6 Å². The Balaban J connectivity index is 1.85. The molecule has 0 aliphatic carbocycles. The van der Waals surface area contributed by atoms with E-state index >= 15 is 0 Å². The lowest BCUT2D eigenvalue weighted by Crippen LogP contribution is -1.93. The highest BCUT2D eigenvalue weighted by Gasteiger charge is 2.22. The third-order valence-corrected chi connectivity index (χ3v) is 5.15. The Morgan fingerprint density at radius 1 is 1.30 bits per heavy atom. The minimum Gasteiger partial charge on any atom is -0.497 e. The van der Waals surface area contributed by atoms with Gasteiger partial charge in [-0.3, -0.25) is 0 Å². The van der Waals surface area contributed by atoms with Gasteiger partial charge in [-0.25, -0.2) is 0 Å². The van der Waals surface area contributed by atoms with E-state index in [1.54, 1.807) is 18.7 Å². The number of imidazole rings is 1. The molecule has 0 aliphatic heterocycles. The van der Waals surface area contributed by atoms with E-state index in [0.717, 1.165) is 16.3 Å². The summed E-state index contributed by atoms with van der Waals surface area (Å²) in [6.45, 7) is 0. The molecule has 0 aliphatic rings. The summed E-state index contributed by atoms with van der Waals surface area (Å²) < 4.78 is 7.33. The van der Waals surface area contributed by atoms with E-state index in [9.17, 15) is 10.1 Å². The smallest absolute Gasteiger partial charge is 0.396 e. The molecule has 0 amide bonds. The van der Waals surface area contributed by atoms with Gasteiger partial charge in [-0.1, -0.05) is 11.3 Å². The number of benzene rings is 1. The Morgan fingerprint density at radius 3 is 2.70 bits per heavy atom. The van der Waals surface area contributed by atoms with Crippen LogP contribution in [0.4, 0.5) is 5.82 Å². The van der Waals surface area contributed by atoms with Crippen LogP contribution in [-0.2, 0) is 7.05 Å². The lowest BCUT2D eigenvalue weighted by Gasteiger charge is -1.99. The summed E-state index contributed by atoms with van der Waals surface area (Å²) in [7, 11) is 3.31. The summed E-state index contributed by atoms with van der Waals surface area (Å²) >= 11 is 2.54. The fourth-order valence-corrected chi connectivity index (χ4v) is 3.71. The molecular weight excluding hydrogens is 338 g/mol. The summed E-state index contributed by atoms with van der Waals surface area (Å²) in [5.74, 6) is 0.581. The lowest BCUT2D eigenvalue weighted by atomic mass is 10.2. The Labute approximate surface area is 139 Å². The summed E-state index contributed by atoms with van der Waals surface area (Å²) in [5.41, 5.74) is 0.912. The van der Waals surface area contributed by atoms with Crippen LogP contribution in [0.1, 0.15) is 0 Å². The molecule has 0 bridgehead atoms. The summed E-state index contributed by atoms with van der Waals surface area (Å²) in [6.07, 6.45) is 1.41. The largest absolute Gasteiger partial charge is 0.497 e. The van der Waals surface area contributed by atoms with Crippen molar-refractivity contribution in [1.82, 2.24) is 19.7 Å². The Kier molecular flexibility index (Phi) is 4.26. The van der Waals surface area contributed by atoms with Crippen molar-refractivity contribution in [2.75, 3.05) is 7.11 Å². The molecule has 0 unspecified atom stereocenters. The Morgan fingerprint density at radius 2 is 2.04 bits per heavy atom. The molecule has 0 atom stereocenters. The van der Waals surface area contributed by atoms with Gasteiger partial charge >= 0.3 is 5.82 Å². The maximum Gasteiger partial charge on any atom is 0.396 e. The number of hydrogen-bond acceptors (Lipinski definition) is 8. The van der Waals surface area contributed by atoms with Crippen LogP contribution in [0.5, 0.6) is 5.75 Å². The number of aryl methyl sites for hydroxylation is 1. The Hall–Kier alpha value is -2.46. The minimum atomic E-state index is -0.506. The van der Waals surface area contributed by atoms with E-state index in [-0.39, 0.29) is 5.82 Å². The second-order valence-electron chi connectivity index (χ2n) is 4.45. The second kappa shape index (κ2) is 6.34. The van der Waals surface area contributed by atoms with Gasteiger partial charge in [0.2, 0.25) is 6.33 Å². The van der Waals surface area contributed by atoms with Gasteiger partial charge in [0.15, 0.2) is 9.37 Å². The fourth-order valence-electron chi connectivity index (χ4n) is 1.83. The average molecular weight is 349 g/mol. The van der Waals surface area contributed by atoms with Crippen LogP contribution in [0.3, 0.4) is 0 Å². The monoisotopic (exact) mass is 349 g/mol. The maximum absolute atomic E-state index is 11.0. The number of ether oxygens (including phenoxy) is 1. The average Bonchev–Trinajstić information content (AvgIpc) is 3.16. The molecule has 3 aromatic rings. The van der Waals surface area contributed by atoms with Crippen LogP contribution in [0, 0.1) is 10.1 Å². The molecule has 0 saturated carbocycles. The van der Waals surface area contributed by atoms with Gasteiger partial charge in [0.05, 0.1) is 7.11 Å². The van der Waals surface area contributed by atoms with Crippen molar-refractivity contribution in [3.63, 3.8) is 0 Å². The summed E-state index contributed by atoms with van der Waals surface area (Å²) in [6, 6.07) is 7.46. The first-order valence-electron chi connectivity index (χ1n) is 6.40. The van der Waals surface area contributed by atoms with Crippen LogP contribution in [0.2, 0.25) is 0 Å². The first kappa shape index (κ1) is 15.4. The van der Waals surface area contributed by atoms with Crippen molar-refractivity contribution < 1.29 is 9.66 Å². The van der Waals surface area contributed by atoms with Gasteiger partial charge in [-0.15, -0.1) is 10.2 Å². The van der Waals surface area contributed by atoms with Crippen LogP contribution in [0.15, 0.2) is 40.0 Å². The van der Waals surface area contributed by atoms with Gasteiger partial charge in [0.25, 0.3) is 0 Å². The van der Waals surface area contributed by atoms with Gasteiger partial charge in [-0.2, -0.15) is 0 Å². The van der Waals surface area contributed by atoms with Crippen LogP contribution in [0.25, 0.3) is 10.6 Å². The number of methoxy groups -OCH3 is 1. The van der Waals surface area contributed by atoms with Gasteiger partial charge in [-0.05, 0) is 45.9 Å². The highest BCUT2D eigenvalue weighted by molar-refractivity contribution is 8.01. The van der Waals surface area contributed by atoms with E-state index in [1.807, 2.05) is 24.3 Å². The number of aromatic nitrogens is 4. The molecule has 8 nitrogen and oxygen atoms in total. The molecule has 0 fully saturated rings. The predicted molar refractivity (Wildman–Crippen MR) is 85.9 cm³/mol. The highest BCUT2D eigenvalue weighted by Crippen LogP contribution is 2.37. The van der Waals surface area contributed by atoms with E-state index in [2.05, 4.69) is 15.2 Å². The molecule has 0 saturated heterocycles. The number of hydrogen-bond donors (Lipinski definition) is 0. The maximum atomic E-state index is 11.0. The molecule has 2 aromatic heterocycles. The molecule has 118 valence electrons. The fraction of sp³-hybridized carbons (Fsp3) is 0.154. The molecule has 0 radical (unpaired) electrons. The molecule has 23 heavy (non-hydrogen) atoms. The third kappa shape index (κ3) is 3.17. The third-order valence-electron chi connectivity index (χ3n) is 2.97. The Bertz CT molecular complexity index is 844. The topological polar surface area (TPSA) is 96.0 Å². The van der Waals surface area contributed by atoms with Gasteiger partial charge < -0.3 is 19.4 Å². The highest BCUT2D eigenvalue weighted by atomic mass is 32.2. The SMILES string of the molecule is COc1ccc(-c2nnc(Sc3c([N+](=O)[O-])ncn3C)s2)cc1. The molecule has 3 rings (SSSR count). The van der Waals surface area contributed by atoms with E-state index in [1.165, 1.54) is 29.4 Å². The van der Waals surface area contributed by atoms with E-state index < -0.39 is 4.92 Å². The van der Waals surface area contributed by atoms with Crippen molar-refractivity contribution in [3.05, 3.63) is 40.7 Å². The van der Waals surface area contributed by atoms with Crippen LogP contribution >= 0.6 is 23.1 Å². The quantitative estimate of drug-likeness (QED) is 0.516. The molecular formula is C13H11N5O3S2. The number of nitro groups is 1. The van der Waals surface area contributed by atoms with Crippen molar-refractivity contribution in [3.8, 4) is 16.3 Å².